The van der Waals surface area contributed by atoms with Crippen molar-refractivity contribution in [2.24, 2.45) is 0 Å². The molecule has 46 heavy (non-hydrogen) atoms. The van der Waals surface area contributed by atoms with E-state index in [-0.39, 0.29) is 43.8 Å². The summed E-state index contributed by atoms with van der Waals surface area (Å²) in [5.74, 6) is 0.595. The smallest absolute Gasteiger partial charge is 0.243 e. The van der Waals surface area contributed by atoms with Gasteiger partial charge in [-0.3, -0.25) is 13.9 Å². The van der Waals surface area contributed by atoms with Crippen molar-refractivity contribution in [3.63, 3.8) is 0 Å². The first-order chi connectivity index (χ1) is 22.2. The van der Waals surface area contributed by atoms with Crippen molar-refractivity contribution in [1.82, 2.24) is 10.2 Å². The van der Waals surface area contributed by atoms with Gasteiger partial charge in [-0.15, -0.1) is 0 Å². The topological polar surface area (TPSA) is 105 Å². The van der Waals surface area contributed by atoms with Crippen LogP contribution in [0.25, 0.3) is 0 Å². The average Bonchev–Trinajstić information content (AvgIpc) is 3.05. The minimum atomic E-state index is -3.67. The highest BCUT2D eigenvalue weighted by molar-refractivity contribution is 7.92. The van der Waals surface area contributed by atoms with E-state index in [1.165, 1.54) is 4.31 Å². The number of halogens is 1. The van der Waals surface area contributed by atoms with E-state index in [0.29, 0.717) is 41.8 Å². The van der Waals surface area contributed by atoms with E-state index in [2.05, 4.69) is 5.32 Å². The van der Waals surface area contributed by atoms with E-state index in [4.69, 9.17) is 21.1 Å². The molecule has 1 atom stereocenters. The lowest BCUT2D eigenvalue weighted by molar-refractivity contribution is -0.141. The molecule has 0 bridgehead atoms. The maximum atomic E-state index is 14.1. The Morgan fingerprint density at radius 1 is 0.935 bits per heavy atom. The molecule has 1 aliphatic carbocycles. The highest BCUT2D eigenvalue weighted by atomic mass is 35.5. The van der Waals surface area contributed by atoms with E-state index in [9.17, 15) is 18.0 Å². The lowest BCUT2D eigenvalue weighted by Gasteiger charge is -2.34. The van der Waals surface area contributed by atoms with Gasteiger partial charge in [0.1, 0.15) is 19.3 Å². The molecular formula is C35H42ClN3O6S. The van der Waals surface area contributed by atoms with Crippen molar-refractivity contribution < 1.29 is 27.5 Å². The van der Waals surface area contributed by atoms with Gasteiger partial charge in [0.25, 0.3) is 0 Å². The van der Waals surface area contributed by atoms with Gasteiger partial charge in [-0.25, -0.2) is 8.42 Å². The molecule has 246 valence electrons. The monoisotopic (exact) mass is 667 g/mol. The van der Waals surface area contributed by atoms with Crippen molar-refractivity contribution in [2.45, 2.75) is 70.0 Å². The summed E-state index contributed by atoms with van der Waals surface area (Å²) < 4.78 is 38.3. The Kier molecular flexibility index (Phi) is 11.5. The van der Waals surface area contributed by atoms with E-state index < -0.39 is 16.1 Å². The Morgan fingerprint density at radius 3 is 2.35 bits per heavy atom. The Hall–Kier alpha value is -3.76. The fourth-order valence-corrected chi connectivity index (χ4v) is 7.25. The summed E-state index contributed by atoms with van der Waals surface area (Å²) in [5.41, 5.74) is 2.10. The average molecular weight is 668 g/mol. The number of nitrogens with one attached hydrogen (secondary N) is 1. The van der Waals surface area contributed by atoms with Gasteiger partial charge < -0.3 is 19.7 Å². The van der Waals surface area contributed by atoms with Crippen LogP contribution in [-0.2, 0) is 32.6 Å². The van der Waals surface area contributed by atoms with Crippen LogP contribution in [-0.4, -0.2) is 63.2 Å². The largest absolute Gasteiger partial charge is 0.486 e. The Morgan fingerprint density at radius 2 is 1.63 bits per heavy atom. The van der Waals surface area contributed by atoms with Gasteiger partial charge in [0.2, 0.25) is 21.8 Å². The lowest BCUT2D eigenvalue weighted by Crippen LogP contribution is -2.53. The fourth-order valence-electron chi connectivity index (χ4n) is 6.10. The van der Waals surface area contributed by atoms with Crippen LogP contribution in [0.3, 0.4) is 0 Å². The number of sulfonamides is 1. The minimum Gasteiger partial charge on any atom is -0.486 e. The summed E-state index contributed by atoms with van der Waals surface area (Å²) in [4.78, 5) is 29.8. The Bertz CT molecular complexity index is 1600. The first kappa shape index (κ1) is 33.6. The molecule has 3 aromatic carbocycles. The fraction of sp³-hybridized carbons (Fsp3) is 0.429. The van der Waals surface area contributed by atoms with Crippen LogP contribution in [0.15, 0.2) is 72.8 Å². The molecule has 2 amide bonds. The first-order valence-electron chi connectivity index (χ1n) is 15.9. The van der Waals surface area contributed by atoms with Gasteiger partial charge in [-0.1, -0.05) is 79.4 Å². The van der Waals surface area contributed by atoms with Gasteiger partial charge in [0.05, 0.1) is 11.9 Å². The molecule has 1 saturated carbocycles. The summed E-state index contributed by atoms with van der Waals surface area (Å²) in [5, 5.41) is 3.75. The molecule has 0 radical (unpaired) electrons. The molecule has 0 unspecified atom stereocenters. The van der Waals surface area contributed by atoms with Crippen molar-refractivity contribution in [1.29, 1.82) is 0 Å². The maximum absolute atomic E-state index is 14.1. The van der Waals surface area contributed by atoms with E-state index in [0.717, 1.165) is 49.5 Å². The van der Waals surface area contributed by atoms with E-state index in [1.807, 2.05) is 48.5 Å². The number of rotatable bonds is 13. The number of anilines is 1. The van der Waals surface area contributed by atoms with Crippen LogP contribution in [0, 0.1) is 0 Å². The standard InChI is InChI=1S/C35H42ClN3O6S/c1-46(42,43)39(29-18-19-32-33(24-29)45-22-21-44-32)20-10-17-34(40)38(25-27-13-8-9-16-30(27)36)31(23-26-11-4-2-5-12-26)35(41)37-28-14-6-3-7-15-28/h2,4-5,8-9,11-13,16,18-19,24,28,31H,3,6-7,10,14-15,17,20-23,25H2,1H3,(H,37,41)/t31-/m1/s1. The summed E-state index contributed by atoms with van der Waals surface area (Å²) in [6.45, 7) is 1.02. The zero-order valence-corrected chi connectivity index (χ0v) is 27.8. The molecular weight excluding hydrogens is 626 g/mol. The molecule has 0 saturated heterocycles. The highest BCUT2D eigenvalue weighted by Crippen LogP contribution is 2.35. The number of fused-ring (bicyclic) bond motifs is 1. The van der Waals surface area contributed by atoms with Gasteiger partial charge in [-0.2, -0.15) is 0 Å². The van der Waals surface area contributed by atoms with E-state index >= 15 is 0 Å². The normalized spacial score (nSPS) is 15.5. The van der Waals surface area contributed by atoms with Crippen molar-refractivity contribution in [3.05, 3.63) is 88.9 Å². The quantitative estimate of drug-likeness (QED) is 0.249. The van der Waals surface area contributed by atoms with Gasteiger partial charge >= 0.3 is 0 Å². The number of amides is 2. The molecule has 0 aromatic heterocycles. The van der Waals surface area contributed by atoms with Gasteiger partial charge in [0.15, 0.2) is 11.5 Å². The first-order valence-corrected chi connectivity index (χ1v) is 18.2. The second-order valence-electron chi connectivity index (χ2n) is 11.9. The van der Waals surface area contributed by atoms with Crippen LogP contribution >= 0.6 is 11.6 Å². The predicted molar refractivity (Wildman–Crippen MR) is 180 cm³/mol. The van der Waals surface area contributed by atoms with Crippen LogP contribution < -0.4 is 19.1 Å². The Labute approximate surface area is 276 Å². The molecule has 9 nitrogen and oxygen atoms in total. The van der Waals surface area contributed by atoms with Crippen molar-refractivity contribution in [3.8, 4) is 11.5 Å². The number of nitrogens with zero attached hydrogens (tertiary/aromatic N) is 2. The van der Waals surface area contributed by atoms with E-state index in [1.54, 1.807) is 29.2 Å². The summed E-state index contributed by atoms with van der Waals surface area (Å²) in [7, 11) is -3.67. The zero-order valence-electron chi connectivity index (χ0n) is 26.2. The molecule has 5 rings (SSSR count). The third kappa shape index (κ3) is 8.94. The summed E-state index contributed by atoms with van der Waals surface area (Å²) >= 11 is 6.56. The number of hydrogen-bond donors (Lipinski definition) is 1. The second-order valence-corrected chi connectivity index (χ2v) is 14.2. The highest BCUT2D eigenvalue weighted by Gasteiger charge is 2.32. The summed E-state index contributed by atoms with van der Waals surface area (Å²) in [6.07, 6.45) is 6.88. The minimum absolute atomic E-state index is 0.0308. The molecule has 11 heteroatoms. The number of ether oxygens (including phenoxy) is 2. The number of benzene rings is 3. The lowest BCUT2D eigenvalue weighted by atomic mass is 9.94. The third-order valence-corrected chi connectivity index (χ3v) is 10.0. The van der Waals surface area contributed by atoms with Crippen molar-refractivity contribution in [2.75, 3.05) is 30.3 Å². The SMILES string of the molecule is CS(=O)(=O)N(CCCC(=O)N(Cc1ccccc1Cl)[C@H](Cc1ccccc1)C(=O)NC1CCCCC1)c1ccc2c(c1)OCCO2. The molecule has 1 fully saturated rings. The van der Waals surface area contributed by atoms with Crippen LogP contribution in [0.1, 0.15) is 56.1 Å². The van der Waals surface area contributed by atoms with Gasteiger partial charge in [0, 0.05) is 43.1 Å². The molecule has 2 aliphatic rings. The maximum Gasteiger partial charge on any atom is 0.243 e. The molecule has 1 N–H and O–H groups in total. The molecule has 0 spiro atoms. The predicted octanol–water partition coefficient (Wildman–Crippen LogP) is 5.75. The van der Waals surface area contributed by atoms with Crippen LogP contribution in [0.5, 0.6) is 11.5 Å². The molecule has 3 aromatic rings. The molecule has 1 aliphatic heterocycles. The van der Waals surface area contributed by atoms with Crippen LogP contribution in [0.2, 0.25) is 5.02 Å². The van der Waals surface area contributed by atoms with Gasteiger partial charge in [-0.05, 0) is 48.6 Å². The van der Waals surface area contributed by atoms with Crippen molar-refractivity contribution >= 4 is 39.1 Å². The zero-order chi connectivity index (χ0) is 32.5. The number of hydrogen-bond acceptors (Lipinski definition) is 6. The Balaban J connectivity index is 1.38. The summed E-state index contributed by atoms with van der Waals surface area (Å²) in [6, 6.07) is 21.3. The molecule has 1 heterocycles. The number of carbonyl (C=O) groups excluding carboxylic acids is 2. The number of carbonyl (C=O) groups is 2. The van der Waals surface area contributed by atoms with Crippen LogP contribution in [0.4, 0.5) is 5.69 Å². The second kappa shape index (κ2) is 15.7. The third-order valence-electron chi connectivity index (χ3n) is 8.49.